The van der Waals surface area contributed by atoms with Crippen LogP contribution < -0.4 is 0 Å². The SMILES string of the molecule is C=C(C)CN(CC)C(=O)C1CCN(S(=O)(=O)c2ccc3c(c2)CCCC3)CC1. The van der Waals surface area contributed by atoms with Gasteiger partial charge >= 0.3 is 0 Å². The molecule has 1 saturated heterocycles. The zero-order valence-corrected chi connectivity index (χ0v) is 17.9. The Kier molecular flexibility index (Phi) is 6.61. The number of benzene rings is 1. The Morgan fingerprint density at radius 1 is 1.18 bits per heavy atom. The van der Waals surface area contributed by atoms with E-state index in [-0.39, 0.29) is 11.8 Å². The molecular weight excluding hydrogens is 372 g/mol. The van der Waals surface area contributed by atoms with Gasteiger partial charge in [0.25, 0.3) is 0 Å². The first-order valence-electron chi connectivity index (χ1n) is 10.4. The molecule has 1 aromatic rings. The maximum atomic E-state index is 13.1. The van der Waals surface area contributed by atoms with Crippen molar-refractivity contribution < 1.29 is 13.2 Å². The second-order valence-corrected chi connectivity index (χ2v) is 10.1. The number of sulfonamides is 1. The largest absolute Gasteiger partial charge is 0.339 e. The molecule has 0 atom stereocenters. The smallest absolute Gasteiger partial charge is 0.243 e. The number of carbonyl (C=O) groups is 1. The van der Waals surface area contributed by atoms with Crippen LogP contribution in [0.1, 0.15) is 50.7 Å². The van der Waals surface area contributed by atoms with Gasteiger partial charge in [0.2, 0.25) is 15.9 Å². The third kappa shape index (κ3) is 4.49. The van der Waals surface area contributed by atoms with Gasteiger partial charge in [0.15, 0.2) is 0 Å². The molecule has 0 spiro atoms. The monoisotopic (exact) mass is 404 g/mol. The number of fused-ring (bicyclic) bond motifs is 1. The van der Waals surface area contributed by atoms with Gasteiger partial charge < -0.3 is 4.90 Å². The van der Waals surface area contributed by atoms with Crippen LogP contribution >= 0.6 is 0 Å². The predicted molar refractivity (Wildman–Crippen MR) is 112 cm³/mol. The molecule has 1 amide bonds. The number of piperidine rings is 1. The van der Waals surface area contributed by atoms with Gasteiger partial charge in [-0.25, -0.2) is 8.42 Å². The minimum Gasteiger partial charge on any atom is -0.339 e. The van der Waals surface area contributed by atoms with E-state index in [1.165, 1.54) is 17.5 Å². The minimum absolute atomic E-state index is 0.103. The zero-order valence-electron chi connectivity index (χ0n) is 17.1. The van der Waals surface area contributed by atoms with E-state index in [0.717, 1.165) is 24.8 Å². The molecule has 28 heavy (non-hydrogen) atoms. The molecule has 1 aliphatic heterocycles. The number of aryl methyl sites for hydroxylation is 2. The first-order chi connectivity index (χ1) is 13.3. The third-order valence-electron chi connectivity index (χ3n) is 5.92. The molecule has 3 rings (SSSR count). The van der Waals surface area contributed by atoms with Crippen molar-refractivity contribution in [3.8, 4) is 0 Å². The molecule has 0 unspecified atom stereocenters. The summed E-state index contributed by atoms with van der Waals surface area (Å²) in [6.07, 6.45) is 5.47. The van der Waals surface area contributed by atoms with Crippen LogP contribution in [0, 0.1) is 5.92 Å². The molecule has 0 radical (unpaired) electrons. The Balaban J connectivity index is 1.67. The predicted octanol–water partition coefficient (Wildman–Crippen LogP) is 3.39. The van der Waals surface area contributed by atoms with Crippen LogP contribution in [0.4, 0.5) is 0 Å². The highest BCUT2D eigenvalue weighted by atomic mass is 32.2. The van der Waals surface area contributed by atoms with Gasteiger partial charge in [-0.2, -0.15) is 4.31 Å². The summed E-state index contributed by atoms with van der Waals surface area (Å²) >= 11 is 0. The van der Waals surface area contributed by atoms with Gasteiger partial charge in [0.05, 0.1) is 4.90 Å². The molecular formula is C22H32N2O3S. The van der Waals surface area contributed by atoms with E-state index in [2.05, 4.69) is 6.58 Å². The first-order valence-corrected chi connectivity index (χ1v) is 11.8. The molecule has 1 aromatic carbocycles. The van der Waals surface area contributed by atoms with Crippen LogP contribution in [0.3, 0.4) is 0 Å². The van der Waals surface area contributed by atoms with Crippen molar-refractivity contribution in [3.05, 3.63) is 41.5 Å². The van der Waals surface area contributed by atoms with Gasteiger partial charge in [0.1, 0.15) is 0 Å². The lowest BCUT2D eigenvalue weighted by Crippen LogP contribution is -2.44. The van der Waals surface area contributed by atoms with Crippen LogP contribution in [0.5, 0.6) is 0 Å². The lowest BCUT2D eigenvalue weighted by Gasteiger charge is -2.33. The normalized spacial score (nSPS) is 18.5. The maximum Gasteiger partial charge on any atom is 0.243 e. The zero-order chi connectivity index (χ0) is 20.3. The van der Waals surface area contributed by atoms with Gasteiger partial charge in [-0.05, 0) is 75.6 Å². The average Bonchev–Trinajstić information content (AvgIpc) is 2.71. The van der Waals surface area contributed by atoms with Crippen molar-refractivity contribution in [3.63, 3.8) is 0 Å². The van der Waals surface area contributed by atoms with Crippen LogP contribution in [0.25, 0.3) is 0 Å². The van der Waals surface area contributed by atoms with E-state index in [1.54, 1.807) is 10.4 Å². The number of hydrogen-bond donors (Lipinski definition) is 0. The number of nitrogens with zero attached hydrogens (tertiary/aromatic N) is 2. The maximum absolute atomic E-state index is 13.1. The average molecular weight is 405 g/mol. The van der Waals surface area contributed by atoms with Crippen LogP contribution in [-0.4, -0.2) is 49.7 Å². The second kappa shape index (κ2) is 8.78. The second-order valence-electron chi connectivity index (χ2n) is 8.13. The van der Waals surface area contributed by atoms with E-state index < -0.39 is 10.0 Å². The Morgan fingerprint density at radius 2 is 1.82 bits per heavy atom. The van der Waals surface area contributed by atoms with Crippen molar-refractivity contribution in [2.24, 2.45) is 5.92 Å². The van der Waals surface area contributed by atoms with E-state index in [0.29, 0.717) is 43.9 Å². The molecule has 0 bridgehead atoms. The summed E-state index contributed by atoms with van der Waals surface area (Å²) in [7, 11) is -3.50. The van der Waals surface area contributed by atoms with Crippen molar-refractivity contribution in [1.29, 1.82) is 0 Å². The Bertz CT molecular complexity index is 839. The van der Waals surface area contributed by atoms with Gasteiger partial charge in [-0.15, -0.1) is 0 Å². The molecule has 6 heteroatoms. The molecule has 1 fully saturated rings. The molecule has 1 heterocycles. The van der Waals surface area contributed by atoms with E-state index in [4.69, 9.17) is 0 Å². The standard InChI is InChI=1S/C22H32N2O3S/c1-4-23(16-17(2)3)22(25)19-11-13-24(14-12-19)28(26,27)21-10-9-18-7-5-6-8-20(18)15-21/h9-10,15,19H,2,4-8,11-14,16H2,1,3H3. The van der Waals surface area contributed by atoms with Crippen LogP contribution in [0.15, 0.2) is 35.2 Å². The first kappa shape index (κ1) is 21.1. The topological polar surface area (TPSA) is 57.7 Å². The number of amides is 1. The van der Waals surface area contributed by atoms with Gasteiger partial charge in [0, 0.05) is 32.1 Å². The van der Waals surface area contributed by atoms with Crippen molar-refractivity contribution in [2.75, 3.05) is 26.2 Å². The third-order valence-corrected chi connectivity index (χ3v) is 7.81. The lowest BCUT2D eigenvalue weighted by atomic mass is 9.92. The molecule has 154 valence electrons. The molecule has 0 N–H and O–H groups in total. The van der Waals surface area contributed by atoms with E-state index >= 15 is 0 Å². The molecule has 5 nitrogen and oxygen atoms in total. The Labute approximate surface area is 169 Å². The lowest BCUT2D eigenvalue weighted by molar-refractivity contribution is -0.136. The van der Waals surface area contributed by atoms with Crippen LogP contribution in [0.2, 0.25) is 0 Å². The number of rotatable bonds is 6. The summed E-state index contributed by atoms with van der Waals surface area (Å²) in [5.74, 6) is 0.0191. The van der Waals surface area contributed by atoms with Gasteiger partial charge in [-0.3, -0.25) is 4.79 Å². The number of likely N-dealkylation sites (N-methyl/N-ethyl adjacent to an activating group) is 1. The summed E-state index contributed by atoms with van der Waals surface area (Å²) in [5, 5.41) is 0. The fourth-order valence-electron chi connectivity index (χ4n) is 4.29. The van der Waals surface area contributed by atoms with Crippen molar-refractivity contribution in [2.45, 2.75) is 57.3 Å². The summed E-state index contributed by atoms with van der Waals surface area (Å²) in [5.41, 5.74) is 3.42. The molecule has 2 aliphatic rings. The number of carbonyl (C=O) groups excluding carboxylic acids is 1. The van der Waals surface area contributed by atoms with E-state index in [9.17, 15) is 13.2 Å². The molecule has 0 saturated carbocycles. The highest BCUT2D eigenvalue weighted by Crippen LogP contribution is 2.28. The minimum atomic E-state index is -3.50. The van der Waals surface area contributed by atoms with E-state index in [1.807, 2.05) is 30.9 Å². The molecule has 0 aromatic heterocycles. The Hall–Kier alpha value is -1.66. The fraction of sp³-hybridized carbons (Fsp3) is 0.591. The van der Waals surface area contributed by atoms with Gasteiger partial charge in [-0.1, -0.05) is 18.2 Å². The van der Waals surface area contributed by atoms with Crippen LogP contribution in [-0.2, 0) is 27.7 Å². The highest BCUT2D eigenvalue weighted by Gasteiger charge is 2.33. The summed E-state index contributed by atoms with van der Waals surface area (Å²) < 4.78 is 27.8. The van der Waals surface area contributed by atoms with Crippen molar-refractivity contribution >= 4 is 15.9 Å². The van der Waals surface area contributed by atoms with Crippen molar-refractivity contribution in [1.82, 2.24) is 9.21 Å². The highest BCUT2D eigenvalue weighted by molar-refractivity contribution is 7.89. The molecule has 1 aliphatic carbocycles. The number of hydrogen-bond acceptors (Lipinski definition) is 3. The fourth-order valence-corrected chi connectivity index (χ4v) is 5.81. The quantitative estimate of drug-likeness (QED) is 0.683. The Morgan fingerprint density at radius 3 is 2.43 bits per heavy atom. The summed E-state index contributed by atoms with van der Waals surface area (Å²) in [6.45, 7) is 9.82. The summed E-state index contributed by atoms with van der Waals surface area (Å²) in [4.78, 5) is 15.0. The summed E-state index contributed by atoms with van der Waals surface area (Å²) in [6, 6.07) is 5.60.